The van der Waals surface area contributed by atoms with E-state index in [2.05, 4.69) is 46.7 Å². The van der Waals surface area contributed by atoms with E-state index < -0.39 is 11.5 Å². The van der Waals surface area contributed by atoms with Gasteiger partial charge in [-0.3, -0.25) is 5.41 Å². The molecule has 5 rings (SSSR count). The first-order chi connectivity index (χ1) is 19.0. The Hall–Kier alpha value is -4.77. The molecule has 5 heteroatoms. The van der Waals surface area contributed by atoms with E-state index in [1.54, 1.807) is 6.07 Å². The van der Waals surface area contributed by atoms with Crippen molar-refractivity contribution in [3.05, 3.63) is 161 Å². The molecule has 0 aliphatic heterocycles. The smallest absolute Gasteiger partial charge is 0.213 e. The van der Waals surface area contributed by atoms with Crippen LogP contribution in [-0.4, -0.2) is 16.8 Å². The molecule has 1 aromatic heterocycles. The Bertz CT molecular complexity index is 1460. The van der Waals surface area contributed by atoms with E-state index in [4.69, 9.17) is 10.1 Å². The van der Waals surface area contributed by atoms with Crippen molar-refractivity contribution >= 4 is 11.4 Å². The number of aromatic nitrogens is 1. The lowest BCUT2D eigenvalue weighted by atomic mass is 9.76. The number of pyridine rings is 1. The Labute approximate surface area is 228 Å². The molecule has 4 aromatic carbocycles. The predicted octanol–water partition coefficient (Wildman–Crippen LogP) is 7.83. The van der Waals surface area contributed by atoms with Gasteiger partial charge in [0.25, 0.3) is 0 Å². The Morgan fingerprint density at radius 3 is 1.79 bits per heavy atom. The van der Waals surface area contributed by atoms with Crippen molar-refractivity contribution in [1.82, 2.24) is 4.98 Å². The SMILES string of the molecule is CC(C)Oc1ccc(NC(c2ccccc2)(c2ccccc2)c2ccccc2)c(C(=N)c2ccnc(F)c2)c1. The summed E-state index contributed by atoms with van der Waals surface area (Å²) in [6.07, 6.45) is 1.34. The number of rotatable bonds is 9. The normalized spacial score (nSPS) is 11.3. The number of nitrogens with one attached hydrogen (secondary N) is 2. The van der Waals surface area contributed by atoms with Crippen molar-refractivity contribution < 1.29 is 9.13 Å². The van der Waals surface area contributed by atoms with Gasteiger partial charge in [-0.1, -0.05) is 91.0 Å². The highest BCUT2D eigenvalue weighted by molar-refractivity contribution is 6.14. The second kappa shape index (κ2) is 11.3. The van der Waals surface area contributed by atoms with E-state index in [0.29, 0.717) is 22.6 Å². The fourth-order valence-corrected chi connectivity index (χ4v) is 4.88. The Balaban J connectivity index is 1.75. The maximum absolute atomic E-state index is 14.1. The first kappa shape index (κ1) is 25.9. The van der Waals surface area contributed by atoms with E-state index in [1.807, 2.05) is 86.6 Å². The maximum Gasteiger partial charge on any atom is 0.213 e. The standard InChI is InChI=1S/C34H30FN3O/c1-24(2)39-29-18-19-31(30(23-29)33(36)25-20-21-37-32(35)22-25)38-34(26-12-6-3-7-13-26,27-14-8-4-9-15-27)28-16-10-5-11-17-28/h3-24,36,38H,1-2H3. The number of hydrogen-bond donors (Lipinski definition) is 2. The minimum atomic E-state index is -0.789. The fourth-order valence-electron chi connectivity index (χ4n) is 4.88. The van der Waals surface area contributed by atoms with Crippen molar-refractivity contribution in [1.29, 1.82) is 5.41 Å². The van der Waals surface area contributed by atoms with Crippen LogP contribution in [0.3, 0.4) is 0 Å². The fraction of sp³-hybridized carbons (Fsp3) is 0.118. The highest BCUT2D eigenvalue weighted by Crippen LogP contribution is 2.41. The molecule has 0 fully saturated rings. The van der Waals surface area contributed by atoms with Crippen molar-refractivity contribution in [2.45, 2.75) is 25.5 Å². The molecule has 0 aliphatic rings. The van der Waals surface area contributed by atoms with E-state index in [-0.39, 0.29) is 11.8 Å². The van der Waals surface area contributed by atoms with Crippen LogP contribution in [0.25, 0.3) is 0 Å². The average molecular weight is 516 g/mol. The van der Waals surface area contributed by atoms with Crippen molar-refractivity contribution in [3.8, 4) is 5.75 Å². The van der Waals surface area contributed by atoms with Gasteiger partial charge in [-0.05, 0) is 54.8 Å². The summed E-state index contributed by atoms with van der Waals surface area (Å²) in [6.45, 7) is 3.92. The highest BCUT2D eigenvalue weighted by atomic mass is 19.1. The molecule has 0 unspecified atom stereocenters. The van der Waals surface area contributed by atoms with Crippen molar-refractivity contribution in [3.63, 3.8) is 0 Å². The zero-order valence-corrected chi connectivity index (χ0v) is 21.9. The summed E-state index contributed by atoms with van der Waals surface area (Å²) in [7, 11) is 0. The molecule has 4 nitrogen and oxygen atoms in total. The van der Waals surface area contributed by atoms with Gasteiger partial charge in [0.1, 0.15) is 11.3 Å². The second-order valence-corrected chi connectivity index (χ2v) is 9.59. The molecule has 0 amide bonds. The Morgan fingerprint density at radius 1 is 0.769 bits per heavy atom. The van der Waals surface area contributed by atoms with Crippen LogP contribution in [0.5, 0.6) is 5.75 Å². The third kappa shape index (κ3) is 5.43. The quantitative estimate of drug-likeness (QED) is 0.119. The van der Waals surface area contributed by atoms with E-state index >= 15 is 0 Å². The molecule has 0 saturated carbocycles. The van der Waals surface area contributed by atoms with E-state index in [0.717, 1.165) is 16.7 Å². The zero-order chi connectivity index (χ0) is 27.2. The summed E-state index contributed by atoms with van der Waals surface area (Å²) in [5.74, 6) is 0.00288. The van der Waals surface area contributed by atoms with Gasteiger partial charge in [0, 0.05) is 29.1 Å². The van der Waals surface area contributed by atoms with Gasteiger partial charge < -0.3 is 10.1 Å². The van der Waals surface area contributed by atoms with Crippen LogP contribution in [-0.2, 0) is 5.54 Å². The summed E-state index contributed by atoms with van der Waals surface area (Å²) >= 11 is 0. The molecule has 0 atom stereocenters. The summed E-state index contributed by atoms with van der Waals surface area (Å²) in [5.41, 5.74) is 4.22. The van der Waals surface area contributed by atoms with Crippen LogP contribution in [0, 0.1) is 11.4 Å². The Morgan fingerprint density at radius 2 is 1.31 bits per heavy atom. The van der Waals surface area contributed by atoms with Crippen LogP contribution in [0.15, 0.2) is 128 Å². The summed E-state index contributed by atoms with van der Waals surface area (Å²) in [4.78, 5) is 3.67. The highest BCUT2D eigenvalue weighted by Gasteiger charge is 2.37. The maximum atomic E-state index is 14.1. The van der Waals surface area contributed by atoms with Gasteiger partial charge in [-0.25, -0.2) is 4.98 Å². The molecule has 0 spiro atoms. The van der Waals surface area contributed by atoms with Gasteiger partial charge in [0.15, 0.2) is 0 Å². The number of ether oxygens (including phenoxy) is 1. The van der Waals surface area contributed by atoms with Crippen molar-refractivity contribution in [2.75, 3.05) is 5.32 Å². The number of nitrogens with zero attached hydrogens (tertiary/aromatic N) is 1. The predicted molar refractivity (Wildman–Crippen MR) is 155 cm³/mol. The molecule has 1 heterocycles. The molecular formula is C34H30FN3O. The van der Waals surface area contributed by atoms with Gasteiger partial charge in [0.2, 0.25) is 5.95 Å². The average Bonchev–Trinajstić information content (AvgIpc) is 2.97. The summed E-state index contributed by atoms with van der Waals surface area (Å²) < 4.78 is 20.1. The number of anilines is 1. The molecule has 5 aromatic rings. The van der Waals surface area contributed by atoms with E-state index in [9.17, 15) is 4.39 Å². The number of halogens is 1. The van der Waals surface area contributed by atoms with Gasteiger partial charge >= 0.3 is 0 Å². The molecule has 194 valence electrons. The first-order valence-corrected chi connectivity index (χ1v) is 12.9. The molecule has 0 aliphatic carbocycles. The summed E-state index contributed by atoms with van der Waals surface area (Å²) in [5, 5.41) is 13.0. The second-order valence-electron chi connectivity index (χ2n) is 9.59. The van der Waals surface area contributed by atoms with Crippen LogP contribution in [0.2, 0.25) is 0 Å². The minimum absolute atomic E-state index is 0.0405. The number of hydrogen-bond acceptors (Lipinski definition) is 4. The largest absolute Gasteiger partial charge is 0.491 e. The monoisotopic (exact) mass is 515 g/mol. The lowest BCUT2D eigenvalue weighted by Crippen LogP contribution is -2.38. The Kier molecular flexibility index (Phi) is 7.50. The van der Waals surface area contributed by atoms with Crippen LogP contribution < -0.4 is 10.1 Å². The lowest BCUT2D eigenvalue weighted by Gasteiger charge is -2.38. The molecular weight excluding hydrogens is 485 g/mol. The minimum Gasteiger partial charge on any atom is -0.491 e. The topological polar surface area (TPSA) is 58.0 Å². The molecule has 0 bridgehead atoms. The third-order valence-electron chi connectivity index (χ3n) is 6.59. The van der Waals surface area contributed by atoms with Gasteiger partial charge in [-0.15, -0.1) is 0 Å². The van der Waals surface area contributed by atoms with E-state index in [1.165, 1.54) is 12.3 Å². The van der Waals surface area contributed by atoms with Crippen LogP contribution in [0.4, 0.5) is 10.1 Å². The first-order valence-electron chi connectivity index (χ1n) is 12.9. The molecule has 39 heavy (non-hydrogen) atoms. The van der Waals surface area contributed by atoms with Crippen molar-refractivity contribution in [2.24, 2.45) is 0 Å². The van der Waals surface area contributed by atoms with Gasteiger partial charge in [-0.2, -0.15) is 4.39 Å². The summed E-state index contributed by atoms with van der Waals surface area (Å²) in [6, 6.07) is 39.4. The molecule has 0 radical (unpaired) electrons. The third-order valence-corrected chi connectivity index (χ3v) is 6.59. The number of benzene rings is 4. The lowest BCUT2D eigenvalue weighted by molar-refractivity contribution is 0.242. The zero-order valence-electron chi connectivity index (χ0n) is 21.9. The molecule has 2 N–H and O–H groups in total. The molecule has 0 saturated heterocycles. The van der Waals surface area contributed by atoms with Gasteiger partial charge in [0.05, 0.1) is 11.8 Å². The van der Waals surface area contributed by atoms with Crippen LogP contribution >= 0.6 is 0 Å². The van der Waals surface area contributed by atoms with Crippen LogP contribution in [0.1, 0.15) is 41.7 Å².